The normalized spacial score (nSPS) is 13.0. The molecule has 1 rings (SSSR count). The van der Waals surface area contributed by atoms with Crippen LogP contribution in [-0.4, -0.2) is 45.2 Å². The van der Waals surface area contributed by atoms with Gasteiger partial charge in [-0.25, -0.2) is 9.59 Å². The predicted octanol–water partition coefficient (Wildman–Crippen LogP) is 7.87. The highest BCUT2D eigenvalue weighted by molar-refractivity contribution is 5.91. The number of allylic oxidation sites excluding steroid dienone is 9. The molecule has 1 aliphatic rings. The van der Waals surface area contributed by atoms with Gasteiger partial charge < -0.3 is 33.3 Å². The van der Waals surface area contributed by atoms with Gasteiger partial charge in [0.15, 0.2) is 6.26 Å². The van der Waals surface area contributed by atoms with Crippen LogP contribution < -0.4 is 0 Å². The van der Waals surface area contributed by atoms with E-state index in [2.05, 4.69) is 32.0 Å². The predicted molar refractivity (Wildman–Crippen MR) is 175 cm³/mol. The first kappa shape index (κ1) is 39.4. The van der Waals surface area contributed by atoms with Crippen LogP contribution in [0.3, 0.4) is 0 Å². The summed E-state index contributed by atoms with van der Waals surface area (Å²) in [5.74, 6) is 2.12. The minimum atomic E-state index is -0.559. The van der Waals surface area contributed by atoms with Crippen molar-refractivity contribution >= 4 is 11.9 Å². The molecule has 0 aromatic carbocycles. The van der Waals surface area contributed by atoms with Gasteiger partial charge >= 0.3 is 11.9 Å². The molecule has 0 heterocycles. The second-order valence-electron chi connectivity index (χ2n) is 9.87. The fourth-order valence-corrected chi connectivity index (χ4v) is 3.43. The zero-order chi connectivity index (χ0) is 33.8. The second-order valence-corrected chi connectivity index (χ2v) is 9.87. The van der Waals surface area contributed by atoms with Gasteiger partial charge in [0, 0.05) is 18.9 Å². The molecule has 0 saturated carbocycles. The average molecular weight is 641 g/mol. The first-order chi connectivity index (χ1) is 22.2. The largest absolute Gasteiger partial charge is 0.498 e. The molecule has 0 unspecified atom stereocenters. The average Bonchev–Trinajstić information content (AvgIpc) is 3.05. The van der Waals surface area contributed by atoms with E-state index in [9.17, 15) is 9.59 Å². The molecule has 0 aliphatic heterocycles. The highest BCUT2D eigenvalue weighted by Crippen LogP contribution is 2.21. The molecular formula is C36H48O10. The van der Waals surface area contributed by atoms with Crippen molar-refractivity contribution in [1.82, 2.24) is 0 Å². The van der Waals surface area contributed by atoms with E-state index in [0.29, 0.717) is 56.5 Å². The Bertz CT molecular complexity index is 1200. The molecule has 0 fully saturated rings. The number of hydrogen-bond donors (Lipinski definition) is 0. The van der Waals surface area contributed by atoms with Gasteiger partial charge in [0.2, 0.25) is 6.79 Å². The van der Waals surface area contributed by atoms with Crippen LogP contribution in [0.4, 0.5) is 0 Å². The van der Waals surface area contributed by atoms with Crippen LogP contribution in [0.1, 0.15) is 65.2 Å². The Morgan fingerprint density at radius 3 is 2.07 bits per heavy atom. The van der Waals surface area contributed by atoms with E-state index in [1.165, 1.54) is 12.3 Å². The summed E-state index contributed by atoms with van der Waals surface area (Å²) in [5.41, 5.74) is 2.63. The van der Waals surface area contributed by atoms with Gasteiger partial charge in [0.25, 0.3) is 0 Å². The van der Waals surface area contributed by atoms with Gasteiger partial charge in [-0.3, -0.25) is 0 Å². The Kier molecular flexibility index (Phi) is 21.9. The maximum atomic E-state index is 12.4. The van der Waals surface area contributed by atoms with Crippen molar-refractivity contribution in [1.29, 1.82) is 0 Å². The lowest BCUT2D eigenvalue weighted by molar-refractivity contribution is -0.248. The topological polar surface area (TPSA) is 108 Å². The minimum Gasteiger partial charge on any atom is -0.498 e. The molecule has 10 nitrogen and oxygen atoms in total. The molecule has 0 N–H and O–H groups in total. The summed E-state index contributed by atoms with van der Waals surface area (Å²) < 4.78 is 32.9. The molecule has 0 atom stereocenters. The number of carbonyl (C=O) groups excluding carboxylic acids is 2. The molecule has 0 bridgehead atoms. The Morgan fingerprint density at radius 2 is 1.41 bits per heavy atom. The van der Waals surface area contributed by atoms with Crippen LogP contribution >= 0.6 is 0 Å². The van der Waals surface area contributed by atoms with Crippen molar-refractivity contribution in [2.45, 2.75) is 65.2 Å². The number of esters is 2. The van der Waals surface area contributed by atoms with Gasteiger partial charge in [-0.05, 0) is 88.8 Å². The third-order valence-electron chi connectivity index (χ3n) is 6.00. The Morgan fingerprint density at radius 1 is 0.804 bits per heavy atom. The first-order valence-corrected chi connectivity index (χ1v) is 15.2. The van der Waals surface area contributed by atoms with Crippen LogP contribution in [-0.2, 0) is 47.8 Å². The van der Waals surface area contributed by atoms with E-state index in [1.54, 1.807) is 18.2 Å². The summed E-state index contributed by atoms with van der Waals surface area (Å²) in [6.45, 7) is 20.0. The van der Waals surface area contributed by atoms with E-state index in [1.807, 2.05) is 26.0 Å². The third kappa shape index (κ3) is 21.1. The van der Waals surface area contributed by atoms with Crippen molar-refractivity contribution in [3.63, 3.8) is 0 Å². The number of unbranched alkanes of at least 4 members (excludes halogenated alkanes) is 4. The van der Waals surface area contributed by atoms with Gasteiger partial charge in [-0.15, -0.1) is 0 Å². The molecule has 0 saturated heterocycles. The number of ether oxygens (including phenoxy) is 6. The highest BCUT2D eigenvalue weighted by Gasteiger charge is 2.14. The van der Waals surface area contributed by atoms with Crippen molar-refractivity contribution in [2.24, 2.45) is 0 Å². The molecule has 0 amide bonds. The number of rotatable bonds is 26. The molecule has 0 spiro atoms. The van der Waals surface area contributed by atoms with E-state index >= 15 is 0 Å². The molecule has 0 aromatic rings. The van der Waals surface area contributed by atoms with Gasteiger partial charge in [0.05, 0.1) is 43.5 Å². The van der Waals surface area contributed by atoms with E-state index in [4.69, 9.17) is 38.2 Å². The van der Waals surface area contributed by atoms with Crippen molar-refractivity contribution < 1.29 is 47.8 Å². The summed E-state index contributed by atoms with van der Waals surface area (Å²) in [4.78, 5) is 33.0. The maximum Gasteiger partial charge on any atom is 0.342 e. The molecule has 0 radical (unpaired) electrons. The van der Waals surface area contributed by atoms with Gasteiger partial charge in [0.1, 0.15) is 17.3 Å². The fraction of sp³-hybridized carbons (Fsp3) is 0.417. The van der Waals surface area contributed by atoms with Crippen LogP contribution in [0.25, 0.3) is 0 Å². The van der Waals surface area contributed by atoms with Crippen LogP contribution in [0.5, 0.6) is 0 Å². The first-order valence-electron chi connectivity index (χ1n) is 15.2. The summed E-state index contributed by atoms with van der Waals surface area (Å²) in [5, 5.41) is 0. The molecule has 0 aromatic heterocycles. The molecule has 10 heteroatoms. The monoisotopic (exact) mass is 640 g/mol. The van der Waals surface area contributed by atoms with E-state index in [0.717, 1.165) is 56.1 Å². The summed E-state index contributed by atoms with van der Waals surface area (Å²) in [6.07, 6.45) is 18.7. The second kappa shape index (κ2) is 25.6. The summed E-state index contributed by atoms with van der Waals surface area (Å²) in [6, 6.07) is 0. The maximum absolute atomic E-state index is 12.4. The zero-order valence-electron chi connectivity index (χ0n) is 27.2. The van der Waals surface area contributed by atoms with Crippen molar-refractivity contribution in [2.75, 3.05) is 33.2 Å². The number of hydrogen-bond acceptors (Lipinski definition) is 10. The summed E-state index contributed by atoms with van der Waals surface area (Å²) >= 11 is 0. The Hall–Kier alpha value is -4.66. The quantitative estimate of drug-likeness (QED) is 0.0107. The molecule has 252 valence electrons. The van der Waals surface area contributed by atoms with Gasteiger partial charge in [-0.1, -0.05) is 32.0 Å². The molecule has 1 aliphatic carbocycles. The Balaban J connectivity index is 2.24. The highest BCUT2D eigenvalue weighted by atomic mass is 17.2. The minimum absolute atomic E-state index is 0.0535. The number of carbonyl (C=O) groups is 2. The fourth-order valence-electron chi connectivity index (χ4n) is 3.43. The Labute approximate surface area is 273 Å². The molecule has 46 heavy (non-hydrogen) atoms. The van der Waals surface area contributed by atoms with Crippen LogP contribution in [0.2, 0.25) is 0 Å². The lowest BCUT2D eigenvalue weighted by Gasteiger charge is -2.16. The smallest absolute Gasteiger partial charge is 0.342 e. The third-order valence-corrected chi connectivity index (χ3v) is 6.00. The standard InChI is InChI=1S/C36H48O10/c1-7-23-44-45-27-14-10-12-25-40-31(5)17-18-32(6)42-28-43-33-19-21-34(22-20-33)46-36(38)29(3)15-16-30(4)39-24-11-9-13-26-41-35(37)8-2/h8,15-19,21,23H,1-4,9-14,20,22,24-28H2,5-6H3/b16-15-,31-17-,32-18+. The lowest BCUT2D eigenvalue weighted by Crippen LogP contribution is -2.09. The zero-order valence-corrected chi connectivity index (χ0v) is 27.2. The lowest BCUT2D eigenvalue weighted by atomic mass is 10.1. The summed E-state index contributed by atoms with van der Waals surface area (Å²) in [7, 11) is 0. The van der Waals surface area contributed by atoms with Crippen LogP contribution in [0.15, 0.2) is 115 Å². The SMILES string of the molecule is C=C=COOCCCCCO/C(C)=C\C=C(/C)OCOC1=CC=C(OC(=O)C(=C)/C=C\C(=C)OCCCCCOC(=O)C=C)CC1. The van der Waals surface area contributed by atoms with Gasteiger partial charge in [-0.2, -0.15) is 4.89 Å². The van der Waals surface area contributed by atoms with Crippen molar-refractivity contribution in [3.05, 3.63) is 115 Å². The molecular weight excluding hydrogens is 592 g/mol. The van der Waals surface area contributed by atoms with E-state index in [-0.39, 0.29) is 12.4 Å². The van der Waals surface area contributed by atoms with Crippen molar-refractivity contribution in [3.8, 4) is 0 Å². The van der Waals surface area contributed by atoms with E-state index < -0.39 is 11.9 Å². The van der Waals surface area contributed by atoms with Crippen LogP contribution in [0, 0.1) is 0 Å².